The maximum absolute atomic E-state index is 13.3. The van der Waals surface area contributed by atoms with Crippen LogP contribution in [0.2, 0.25) is 0 Å². The van der Waals surface area contributed by atoms with Crippen molar-refractivity contribution < 1.29 is 0 Å². The molecule has 1 aliphatic carbocycles. The second-order valence-corrected chi connectivity index (χ2v) is 10.9. The lowest BCUT2D eigenvalue weighted by molar-refractivity contribution is 0.121. The third kappa shape index (κ3) is 5.49. The van der Waals surface area contributed by atoms with Crippen LogP contribution in [-0.2, 0) is 13.1 Å². The van der Waals surface area contributed by atoms with Crippen LogP contribution in [0, 0.1) is 19.8 Å². The molecular formula is C29H37N7O. The number of hydrogen-bond donors (Lipinski definition) is 1. The molecule has 4 aromatic rings. The summed E-state index contributed by atoms with van der Waals surface area (Å²) in [7, 11) is 0. The first-order valence-electron chi connectivity index (χ1n) is 13.4. The van der Waals surface area contributed by atoms with E-state index in [-0.39, 0.29) is 17.5 Å². The van der Waals surface area contributed by atoms with E-state index in [4.69, 9.17) is 0 Å². The fraction of sp³-hybridized carbons (Fsp3) is 0.483. The average Bonchev–Trinajstić information content (AvgIpc) is 3.35. The molecule has 0 unspecified atom stereocenters. The van der Waals surface area contributed by atoms with Crippen LogP contribution in [0.15, 0.2) is 47.5 Å². The lowest BCUT2D eigenvalue weighted by atomic mass is 9.94. The summed E-state index contributed by atoms with van der Waals surface area (Å²) in [6, 6.07) is 10.6. The van der Waals surface area contributed by atoms with Gasteiger partial charge in [0.25, 0.3) is 5.56 Å². The Bertz CT molecular complexity index is 1400. The third-order valence-electron chi connectivity index (χ3n) is 7.60. The van der Waals surface area contributed by atoms with Gasteiger partial charge in [-0.05, 0) is 77.9 Å². The van der Waals surface area contributed by atoms with Gasteiger partial charge in [0.2, 0.25) is 0 Å². The van der Waals surface area contributed by atoms with E-state index in [2.05, 4.69) is 81.0 Å². The Morgan fingerprint density at radius 2 is 1.92 bits per heavy atom. The largest absolute Gasteiger partial charge is 0.322 e. The molecule has 0 bridgehead atoms. The molecule has 1 saturated carbocycles. The molecule has 5 rings (SSSR count). The minimum absolute atomic E-state index is 0.0527. The molecule has 1 atom stereocenters. The number of pyridine rings is 2. The normalized spacial score (nSPS) is 15.6. The summed E-state index contributed by atoms with van der Waals surface area (Å²) in [6.07, 6.45) is 9.59. The van der Waals surface area contributed by atoms with E-state index in [1.54, 1.807) is 6.20 Å². The summed E-state index contributed by atoms with van der Waals surface area (Å²) in [5.74, 6) is 1.11. The number of fused-ring (bicyclic) bond motifs is 1. The fourth-order valence-electron chi connectivity index (χ4n) is 5.90. The van der Waals surface area contributed by atoms with Crippen LogP contribution in [0.5, 0.6) is 0 Å². The zero-order valence-corrected chi connectivity index (χ0v) is 22.3. The number of aromatic amines is 1. The second kappa shape index (κ2) is 10.9. The standard InChI is InChI=1S/C29H37N7O/c1-19(2)27(28-32-33-34-36(28)24-10-6-5-7-11-24)35(17-22-9-8-12-30-16-22)18-23-15-25-21(4)13-20(3)14-26(25)31-29(23)37/h8-9,12-16,19,24,27H,5-7,10-11,17-18H2,1-4H3,(H,31,37)/t27-/m0/s1. The third-order valence-corrected chi connectivity index (χ3v) is 7.60. The number of benzene rings is 1. The number of rotatable bonds is 8. The first-order chi connectivity index (χ1) is 17.9. The molecule has 0 radical (unpaired) electrons. The van der Waals surface area contributed by atoms with E-state index in [1.807, 2.05) is 18.3 Å². The maximum Gasteiger partial charge on any atom is 0.252 e. The van der Waals surface area contributed by atoms with Crippen molar-refractivity contribution in [2.45, 2.75) is 85.0 Å². The van der Waals surface area contributed by atoms with Gasteiger partial charge in [-0.25, -0.2) is 4.68 Å². The molecular weight excluding hydrogens is 462 g/mol. The highest BCUT2D eigenvalue weighted by Gasteiger charge is 2.32. The molecule has 0 amide bonds. The Morgan fingerprint density at radius 3 is 2.65 bits per heavy atom. The zero-order chi connectivity index (χ0) is 25.9. The van der Waals surface area contributed by atoms with Crippen LogP contribution in [0.3, 0.4) is 0 Å². The number of aromatic nitrogens is 6. The summed E-state index contributed by atoms with van der Waals surface area (Å²) >= 11 is 0. The Hall–Kier alpha value is -3.39. The minimum atomic E-state index is -0.0636. The molecule has 0 spiro atoms. The first-order valence-corrected chi connectivity index (χ1v) is 13.4. The van der Waals surface area contributed by atoms with Crippen LogP contribution in [0.4, 0.5) is 0 Å². The SMILES string of the molecule is Cc1cc(C)c2cc(CN(Cc3cccnc3)[C@H](c3nnnn3C3CCCCC3)C(C)C)c(=O)[nH]c2c1. The molecule has 0 saturated heterocycles. The molecule has 1 fully saturated rings. The van der Waals surface area contributed by atoms with Crippen LogP contribution >= 0.6 is 0 Å². The van der Waals surface area contributed by atoms with E-state index in [0.717, 1.165) is 51.8 Å². The van der Waals surface area contributed by atoms with Crippen molar-refractivity contribution >= 4 is 10.9 Å². The molecule has 1 N–H and O–H groups in total. The smallest absolute Gasteiger partial charge is 0.252 e. The van der Waals surface area contributed by atoms with E-state index in [1.165, 1.54) is 19.3 Å². The second-order valence-electron chi connectivity index (χ2n) is 10.9. The van der Waals surface area contributed by atoms with Gasteiger partial charge in [0.15, 0.2) is 5.82 Å². The van der Waals surface area contributed by atoms with Crippen molar-refractivity contribution in [2.75, 3.05) is 0 Å². The summed E-state index contributed by atoms with van der Waals surface area (Å²) in [6.45, 7) is 9.68. The van der Waals surface area contributed by atoms with Gasteiger partial charge in [-0.15, -0.1) is 5.10 Å². The van der Waals surface area contributed by atoms with Gasteiger partial charge in [0.05, 0.1) is 12.1 Å². The number of hydrogen-bond acceptors (Lipinski definition) is 6. The van der Waals surface area contributed by atoms with E-state index < -0.39 is 0 Å². The van der Waals surface area contributed by atoms with Crippen molar-refractivity contribution in [1.82, 2.24) is 35.1 Å². The Kier molecular flexibility index (Phi) is 7.46. The maximum atomic E-state index is 13.3. The lowest BCUT2D eigenvalue weighted by Gasteiger charge is -2.35. The van der Waals surface area contributed by atoms with Crippen molar-refractivity contribution in [3.63, 3.8) is 0 Å². The highest BCUT2D eigenvalue weighted by Crippen LogP contribution is 2.34. The number of nitrogens with zero attached hydrogens (tertiary/aromatic N) is 6. The van der Waals surface area contributed by atoms with E-state index >= 15 is 0 Å². The van der Waals surface area contributed by atoms with Crippen LogP contribution < -0.4 is 5.56 Å². The monoisotopic (exact) mass is 499 g/mol. The van der Waals surface area contributed by atoms with Crippen LogP contribution in [-0.4, -0.2) is 35.1 Å². The summed E-state index contributed by atoms with van der Waals surface area (Å²) in [5, 5.41) is 14.2. The summed E-state index contributed by atoms with van der Waals surface area (Å²) < 4.78 is 2.07. The molecule has 1 aliphatic rings. The van der Waals surface area contributed by atoms with E-state index in [0.29, 0.717) is 19.1 Å². The van der Waals surface area contributed by atoms with E-state index in [9.17, 15) is 4.79 Å². The predicted molar refractivity (Wildman–Crippen MR) is 145 cm³/mol. The van der Waals surface area contributed by atoms with Crippen LogP contribution in [0.25, 0.3) is 10.9 Å². The van der Waals surface area contributed by atoms with Crippen molar-refractivity contribution in [1.29, 1.82) is 0 Å². The Labute approximate surface area is 218 Å². The van der Waals surface area contributed by atoms with Gasteiger partial charge >= 0.3 is 0 Å². The first kappa shape index (κ1) is 25.3. The predicted octanol–water partition coefficient (Wildman–Crippen LogP) is 5.43. The van der Waals surface area contributed by atoms with Gasteiger partial charge in [-0.1, -0.05) is 45.2 Å². The Balaban J connectivity index is 1.57. The molecule has 1 aromatic carbocycles. The lowest BCUT2D eigenvalue weighted by Crippen LogP contribution is -2.36. The number of nitrogens with one attached hydrogen (secondary N) is 1. The van der Waals surface area contributed by atoms with Gasteiger partial charge in [-0.3, -0.25) is 14.7 Å². The number of aryl methyl sites for hydroxylation is 2. The van der Waals surface area contributed by atoms with Gasteiger partial charge in [-0.2, -0.15) is 0 Å². The van der Waals surface area contributed by atoms with Crippen molar-refractivity contribution in [3.8, 4) is 0 Å². The molecule has 194 valence electrons. The zero-order valence-electron chi connectivity index (χ0n) is 22.3. The van der Waals surface area contributed by atoms with Crippen molar-refractivity contribution in [3.05, 3.63) is 81.2 Å². The topological polar surface area (TPSA) is 92.6 Å². The van der Waals surface area contributed by atoms with Gasteiger partial charge < -0.3 is 4.98 Å². The minimum Gasteiger partial charge on any atom is -0.322 e. The van der Waals surface area contributed by atoms with Gasteiger partial charge in [0.1, 0.15) is 0 Å². The molecule has 3 heterocycles. The average molecular weight is 500 g/mol. The van der Waals surface area contributed by atoms with Crippen molar-refractivity contribution in [2.24, 2.45) is 5.92 Å². The molecule has 8 heteroatoms. The van der Waals surface area contributed by atoms with Crippen LogP contribution in [0.1, 0.15) is 86.1 Å². The Morgan fingerprint density at radius 1 is 1.11 bits per heavy atom. The quantitative estimate of drug-likeness (QED) is 0.347. The molecule has 3 aromatic heterocycles. The highest BCUT2D eigenvalue weighted by molar-refractivity contribution is 5.83. The van der Waals surface area contributed by atoms with Gasteiger partial charge in [0, 0.05) is 41.9 Å². The summed E-state index contributed by atoms with van der Waals surface area (Å²) in [4.78, 5) is 23.1. The number of H-pyrrole nitrogens is 1. The number of tetrazole rings is 1. The molecule has 37 heavy (non-hydrogen) atoms. The molecule has 8 nitrogen and oxygen atoms in total. The molecule has 0 aliphatic heterocycles. The fourth-order valence-corrected chi connectivity index (χ4v) is 5.90. The summed E-state index contributed by atoms with van der Waals surface area (Å²) in [5.41, 5.74) is 4.96. The highest BCUT2D eigenvalue weighted by atomic mass is 16.1.